The second-order valence-corrected chi connectivity index (χ2v) is 5.34. The van der Waals surface area contributed by atoms with Gasteiger partial charge in [0.15, 0.2) is 0 Å². The topological polar surface area (TPSA) is 54.0 Å². The molecule has 1 aliphatic heterocycles. The van der Waals surface area contributed by atoms with E-state index in [1.54, 1.807) is 51.7 Å². The monoisotopic (exact) mass is 338 g/mol. The van der Waals surface area contributed by atoms with Gasteiger partial charge in [-0.25, -0.2) is 4.79 Å². The Hall–Kier alpha value is -3.21. The Morgan fingerprint density at radius 2 is 1.68 bits per heavy atom. The maximum absolute atomic E-state index is 12.2. The first-order chi connectivity index (χ1) is 12.1. The molecule has 25 heavy (non-hydrogen) atoms. The van der Waals surface area contributed by atoms with Crippen molar-refractivity contribution in [2.75, 3.05) is 21.3 Å². The number of esters is 1. The fourth-order valence-electron chi connectivity index (χ4n) is 2.53. The minimum atomic E-state index is -0.407. The van der Waals surface area contributed by atoms with Crippen LogP contribution in [0.3, 0.4) is 0 Å². The van der Waals surface area contributed by atoms with Crippen LogP contribution in [-0.4, -0.2) is 27.3 Å². The van der Waals surface area contributed by atoms with Crippen molar-refractivity contribution in [3.8, 4) is 17.2 Å². The number of carbonyl (C=O) groups excluding carboxylic acids is 1. The summed E-state index contributed by atoms with van der Waals surface area (Å²) in [7, 11) is 4.74. The van der Waals surface area contributed by atoms with Crippen LogP contribution in [0.4, 0.5) is 0 Å². The van der Waals surface area contributed by atoms with E-state index in [9.17, 15) is 4.79 Å². The normalized spacial score (nSPS) is 14.9. The minimum Gasteiger partial charge on any atom is -0.497 e. The van der Waals surface area contributed by atoms with Crippen LogP contribution in [0, 0.1) is 0 Å². The van der Waals surface area contributed by atoms with Crippen LogP contribution in [0.25, 0.3) is 11.8 Å². The van der Waals surface area contributed by atoms with E-state index in [2.05, 4.69) is 0 Å². The number of benzene rings is 2. The maximum atomic E-state index is 12.2. The SMILES string of the molecule is COc1cccc(/C=C2\C=C(c3ccc(OC)cc3OC)OC2=O)c1. The van der Waals surface area contributed by atoms with Crippen molar-refractivity contribution in [3.63, 3.8) is 0 Å². The molecular weight excluding hydrogens is 320 g/mol. The first kappa shape index (κ1) is 16.6. The molecule has 0 spiro atoms. The van der Waals surface area contributed by atoms with Crippen LogP contribution in [0.5, 0.6) is 17.2 Å². The molecule has 0 unspecified atom stereocenters. The predicted octanol–water partition coefficient (Wildman–Crippen LogP) is 3.69. The summed E-state index contributed by atoms with van der Waals surface area (Å²) in [6, 6.07) is 12.8. The highest BCUT2D eigenvalue weighted by atomic mass is 16.5. The number of rotatable bonds is 5. The highest BCUT2D eigenvalue weighted by Crippen LogP contribution is 2.35. The fourth-order valence-corrected chi connectivity index (χ4v) is 2.53. The molecule has 3 rings (SSSR count). The van der Waals surface area contributed by atoms with Crippen molar-refractivity contribution in [2.45, 2.75) is 0 Å². The van der Waals surface area contributed by atoms with Gasteiger partial charge in [0.2, 0.25) is 0 Å². The molecule has 2 aromatic carbocycles. The van der Waals surface area contributed by atoms with E-state index in [4.69, 9.17) is 18.9 Å². The molecule has 0 fully saturated rings. The molecule has 0 bridgehead atoms. The molecule has 0 saturated heterocycles. The molecule has 5 nitrogen and oxygen atoms in total. The Bertz CT molecular complexity index is 864. The lowest BCUT2D eigenvalue weighted by Crippen LogP contribution is -1.98. The Kier molecular flexibility index (Phi) is 4.75. The number of ether oxygens (including phenoxy) is 4. The lowest BCUT2D eigenvalue weighted by Gasteiger charge is -2.10. The standard InChI is InChI=1S/C20H18O5/c1-22-15-6-4-5-13(10-15)9-14-11-19(25-20(14)21)17-8-7-16(23-2)12-18(17)24-3/h4-12H,1-3H3/b14-9+. The Morgan fingerprint density at radius 1 is 0.920 bits per heavy atom. The van der Waals surface area contributed by atoms with E-state index in [0.29, 0.717) is 28.4 Å². The third kappa shape index (κ3) is 3.50. The van der Waals surface area contributed by atoms with Gasteiger partial charge in [-0.2, -0.15) is 0 Å². The van der Waals surface area contributed by atoms with E-state index < -0.39 is 5.97 Å². The van der Waals surface area contributed by atoms with E-state index >= 15 is 0 Å². The van der Waals surface area contributed by atoms with Crippen molar-refractivity contribution in [1.82, 2.24) is 0 Å². The molecule has 0 N–H and O–H groups in total. The molecule has 1 aliphatic rings. The van der Waals surface area contributed by atoms with Crippen molar-refractivity contribution in [1.29, 1.82) is 0 Å². The summed E-state index contributed by atoms with van der Waals surface area (Å²) < 4.78 is 21.2. The highest BCUT2D eigenvalue weighted by Gasteiger charge is 2.24. The van der Waals surface area contributed by atoms with E-state index in [1.807, 2.05) is 24.3 Å². The van der Waals surface area contributed by atoms with E-state index in [0.717, 1.165) is 11.3 Å². The van der Waals surface area contributed by atoms with Crippen molar-refractivity contribution >= 4 is 17.8 Å². The summed E-state index contributed by atoms with van der Waals surface area (Å²) in [6.07, 6.45) is 3.46. The number of methoxy groups -OCH3 is 3. The molecule has 2 aromatic rings. The second kappa shape index (κ2) is 7.13. The van der Waals surface area contributed by atoms with Gasteiger partial charge in [-0.15, -0.1) is 0 Å². The lowest BCUT2D eigenvalue weighted by molar-refractivity contribution is -0.130. The van der Waals surface area contributed by atoms with Crippen molar-refractivity contribution in [2.24, 2.45) is 0 Å². The third-order valence-electron chi connectivity index (χ3n) is 3.82. The van der Waals surface area contributed by atoms with Gasteiger partial charge in [-0.1, -0.05) is 12.1 Å². The average molecular weight is 338 g/mol. The molecule has 1 heterocycles. The van der Waals surface area contributed by atoms with Crippen LogP contribution in [-0.2, 0) is 9.53 Å². The van der Waals surface area contributed by atoms with Gasteiger partial charge in [-0.3, -0.25) is 0 Å². The number of cyclic esters (lactones) is 1. The van der Waals surface area contributed by atoms with Gasteiger partial charge in [0, 0.05) is 6.07 Å². The predicted molar refractivity (Wildman–Crippen MR) is 94.6 cm³/mol. The fraction of sp³-hybridized carbons (Fsp3) is 0.150. The second-order valence-electron chi connectivity index (χ2n) is 5.34. The molecule has 0 saturated carbocycles. The van der Waals surface area contributed by atoms with Crippen molar-refractivity contribution in [3.05, 3.63) is 65.2 Å². The molecule has 0 amide bonds. The third-order valence-corrected chi connectivity index (χ3v) is 3.82. The van der Waals surface area contributed by atoms with Gasteiger partial charge in [0.05, 0.1) is 32.5 Å². The van der Waals surface area contributed by atoms with Crippen molar-refractivity contribution < 1.29 is 23.7 Å². The largest absolute Gasteiger partial charge is 0.497 e. The highest BCUT2D eigenvalue weighted by molar-refractivity contribution is 6.05. The van der Waals surface area contributed by atoms with Gasteiger partial charge < -0.3 is 18.9 Å². The molecule has 0 aliphatic carbocycles. The van der Waals surface area contributed by atoms with Crippen LogP contribution >= 0.6 is 0 Å². The summed E-state index contributed by atoms with van der Waals surface area (Å²) >= 11 is 0. The zero-order chi connectivity index (χ0) is 17.8. The van der Waals surface area contributed by atoms with Gasteiger partial charge in [0.1, 0.15) is 23.0 Å². The van der Waals surface area contributed by atoms with Gasteiger partial charge >= 0.3 is 5.97 Å². The zero-order valence-corrected chi connectivity index (χ0v) is 14.2. The zero-order valence-electron chi connectivity index (χ0n) is 14.2. The maximum Gasteiger partial charge on any atom is 0.343 e. The average Bonchev–Trinajstić information content (AvgIpc) is 3.01. The Balaban J connectivity index is 1.96. The van der Waals surface area contributed by atoms with Crippen LogP contribution in [0.2, 0.25) is 0 Å². The number of hydrogen-bond donors (Lipinski definition) is 0. The molecule has 0 aromatic heterocycles. The number of hydrogen-bond acceptors (Lipinski definition) is 5. The first-order valence-electron chi connectivity index (χ1n) is 7.66. The summed E-state index contributed by atoms with van der Waals surface area (Å²) in [6.45, 7) is 0. The van der Waals surface area contributed by atoms with Crippen LogP contribution < -0.4 is 14.2 Å². The smallest absolute Gasteiger partial charge is 0.343 e. The molecule has 0 atom stereocenters. The first-order valence-corrected chi connectivity index (χ1v) is 7.66. The molecule has 5 heteroatoms. The minimum absolute atomic E-state index is 0.407. The molecule has 0 radical (unpaired) electrons. The quantitative estimate of drug-likeness (QED) is 0.615. The lowest BCUT2D eigenvalue weighted by atomic mass is 10.1. The summed E-state index contributed by atoms with van der Waals surface area (Å²) in [4.78, 5) is 12.2. The Morgan fingerprint density at radius 3 is 2.40 bits per heavy atom. The summed E-state index contributed by atoms with van der Waals surface area (Å²) in [5, 5.41) is 0. The van der Waals surface area contributed by atoms with E-state index in [-0.39, 0.29) is 0 Å². The van der Waals surface area contributed by atoms with Gasteiger partial charge in [0.25, 0.3) is 0 Å². The Labute approximate surface area is 146 Å². The molecule has 128 valence electrons. The summed E-state index contributed by atoms with van der Waals surface area (Å²) in [5.41, 5.74) is 2.00. The van der Waals surface area contributed by atoms with Crippen LogP contribution in [0.15, 0.2) is 54.1 Å². The summed E-state index contributed by atoms with van der Waals surface area (Å²) in [5.74, 6) is 2.00. The van der Waals surface area contributed by atoms with Gasteiger partial charge in [-0.05, 0) is 42.0 Å². The molecular formula is C20H18O5. The van der Waals surface area contributed by atoms with Crippen LogP contribution in [0.1, 0.15) is 11.1 Å². The number of carbonyl (C=O) groups is 1. The van der Waals surface area contributed by atoms with E-state index in [1.165, 1.54) is 0 Å².